The van der Waals surface area contributed by atoms with Crippen LogP contribution < -0.4 is 5.32 Å². The molecule has 4 nitrogen and oxygen atoms in total. The molecule has 0 spiro atoms. The Balaban J connectivity index is 2.39. The van der Waals surface area contributed by atoms with Crippen molar-refractivity contribution in [1.29, 1.82) is 0 Å². The van der Waals surface area contributed by atoms with Gasteiger partial charge in [0.25, 0.3) is 0 Å². The van der Waals surface area contributed by atoms with Crippen molar-refractivity contribution in [2.75, 3.05) is 6.54 Å². The van der Waals surface area contributed by atoms with E-state index in [4.69, 9.17) is 0 Å². The Kier molecular flexibility index (Phi) is 4.03. The second kappa shape index (κ2) is 5.58. The molecule has 2 aromatic heterocycles. The molecule has 0 aromatic carbocycles. The molecule has 0 radical (unpaired) electrons. The van der Waals surface area contributed by atoms with Crippen LogP contribution in [0.4, 0.5) is 17.6 Å². The Morgan fingerprint density at radius 2 is 2.10 bits per heavy atom. The van der Waals surface area contributed by atoms with Crippen LogP contribution in [0, 0.1) is 5.82 Å². The van der Waals surface area contributed by atoms with Crippen molar-refractivity contribution in [2.45, 2.75) is 19.6 Å². The second-order valence-electron chi connectivity index (χ2n) is 4.06. The Hall–Kier alpha value is -1.96. The highest BCUT2D eigenvalue weighted by atomic mass is 19.4. The van der Waals surface area contributed by atoms with E-state index in [1.165, 1.54) is 6.07 Å². The van der Waals surface area contributed by atoms with Crippen LogP contribution in [0.3, 0.4) is 0 Å². The van der Waals surface area contributed by atoms with E-state index < -0.39 is 17.7 Å². The third-order valence-electron chi connectivity index (χ3n) is 2.57. The fourth-order valence-electron chi connectivity index (χ4n) is 1.66. The monoisotopic (exact) mass is 288 g/mol. The molecule has 0 unspecified atom stereocenters. The van der Waals surface area contributed by atoms with E-state index in [1.54, 1.807) is 0 Å². The van der Waals surface area contributed by atoms with Crippen LogP contribution >= 0.6 is 0 Å². The molecule has 1 N–H and O–H groups in total. The van der Waals surface area contributed by atoms with Crippen molar-refractivity contribution in [3.05, 3.63) is 41.6 Å². The predicted octanol–water partition coefficient (Wildman–Crippen LogP) is 2.53. The fourth-order valence-corrected chi connectivity index (χ4v) is 1.66. The fraction of sp³-hybridized carbons (Fsp3) is 0.333. The highest BCUT2D eigenvalue weighted by Crippen LogP contribution is 2.28. The van der Waals surface area contributed by atoms with E-state index in [0.29, 0.717) is 12.1 Å². The maximum Gasteiger partial charge on any atom is 0.435 e. The Morgan fingerprint density at radius 3 is 2.70 bits per heavy atom. The van der Waals surface area contributed by atoms with E-state index in [2.05, 4.69) is 15.4 Å². The average Bonchev–Trinajstić information content (AvgIpc) is 2.85. The number of hydrogen-bond donors (Lipinski definition) is 1. The first-order valence-electron chi connectivity index (χ1n) is 5.90. The van der Waals surface area contributed by atoms with Crippen LogP contribution in [0.15, 0.2) is 24.5 Å². The van der Waals surface area contributed by atoms with Crippen LogP contribution in [0.5, 0.6) is 0 Å². The number of rotatable bonds is 4. The number of nitrogens with zero attached hydrogens (tertiary/aromatic N) is 3. The molecule has 0 aliphatic carbocycles. The number of nitrogens with one attached hydrogen (secondary N) is 1. The van der Waals surface area contributed by atoms with E-state index >= 15 is 0 Å². The summed E-state index contributed by atoms with van der Waals surface area (Å²) < 4.78 is 51.7. The molecule has 0 aliphatic heterocycles. The van der Waals surface area contributed by atoms with Gasteiger partial charge < -0.3 is 5.32 Å². The lowest BCUT2D eigenvalue weighted by atomic mass is 10.2. The zero-order valence-corrected chi connectivity index (χ0v) is 10.6. The first-order valence-corrected chi connectivity index (χ1v) is 5.90. The van der Waals surface area contributed by atoms with Gasteiger partial charge in [-0.2, -0.15) is 18.3 Å². The lowest BCUT2D eigenvalue weighted by Gasteiger charge is -2.09. The molecule has 0 atom stereocenters. The molecule has 0 amide bonds. The van der Waals surface area contributed by atoms with E-state index in [9.17, 15) is 17.6 Å². The molecule has 2 rings (SSSR count). The first kappa shape index (κ1) is 14.4. The van der Waals surface area contributed by atoms with E-state index in [0.717, 1.165) is 23.1 Å². The lowest BCUT2D eigenvalue weighted by molar-refractivity contribution is -0.141. The van der Waals surface area contributed by atoms with Gasteiger partial charge in [-0.25, -0.2) is 14.1 Å². The van der Waals surface area contributed by atoms with Crippen molar-refractivity contribution in [2.24, 2.45) is 0 Å². The van der Waals surface area contributed by atoms with Gasteiger partial charge in [0, 0.05) is 18.3 Å². The Morgan fingerprint density at radius 1 is 1.35 bits per heavy atom. The van der Waals surface area contributed by atoms with Crippen molar-refractivity contribution in [3.8, 4) is 5.82 Å². The SMILES string of the molecule is CCNCc1cc(F)cnc1-n1ccc(C(F)(F)F)n1. The highest BCUT2D eigenvalue weighted by molar-refractivity contribution is 5.33. The van der Waals surface area contributed by atoms with Crippen LogP contribution in [-0.2, 0) is 12.7 Å². The van der Waals surface area contributed by atoms with Gasteiger partial charge in [-0.1, -0.05) is 6.92 Å². The van der Waals surface area contributed by atoms with Crippen LogP contribution in [-0.4, -0.2) is 21.3 Å². The van der Waals surface area contributed by atoms with Gasteiger partial charge in [0.05, 0.1) is 6.20 Å². The zero-order chi connectivity index (χ0) is 14.8. The summed E-state index contributed by atoms with van der Waals surface area (Å²) in [6.07, 6.45) is -2.43. The maximum absolute atomic E-state index is 13.2. The number of alkyl halides is 3. The van der Waals surface area contributed by atoms with Crippen molar-refractivity contribution >= 4 is 0 Å². The summed E-state index contributed by atoms with van der Waals surface area (Å²) in [5.74, 6) is -0.382. The van der Waals surface area contributed by atoms with Gasteiger partial charge in [-0.05, 0) is 18.7 Å². The topological polar surface area (TPSA) is 42.7 Å². The van der Waals surface area contributed by atoms with Gasteiger partial charge in [-0.3, -0.25) is 0 Å². The maximum atomic E-state index is 13.2. The minimum Gasteiger partial charge on any atom is -0.313 e. The van der Waals surface area contributed by atoms with Crippen LogP contribution in [0.2, 0.25) is 0 Å². The minimum absolute atomic E-state index is 0.169. The third-order valence-corrected chi connectivity index (χ3v) is 2.57. The summed E-state index contributed by atoms with van der Waals surface area (Å²) in [7, 11) is 0. The van der Waals surface area contributed by atoms with Crippen LogP contribution in [0.1, 0.15) is 18.2 Å². The molecule has 0 bridgehead atoms. The van der Waals surface area contributed by atoms with E-state index in [-0.39, 0.29) is 12.4 Å². The molecular formula is C12H12F4N4. The largest absolute Gasteiger partial charge is 0.435 e. The van der Waals surface area contributed by atoms with Crippen molar-refractivity contribution in [3.63, 3.8) is 0 Å². The molecule has 0 saturated carbocycles. The molecule has 0 saturated heterocycles. The Labute approximate surface area is 112 Å². The minimum atomic E-state index is -4.52. The summed E-state index contributed by atoms with van der Waals surface area (Å²) in [5, 5.41) is 6.40. The van der Waals surface area contributed by atoms with E-state index in [1.807, 2.05) is 6.92 Å². The molecule has 20 heavy (non-hydrogen) atoms. The zero-order valence-electron chi connectivity index (χ0n) is 10.6. The molecule has 108 valence electrons. The molecule has 8 heteroatoms. The molecule has 2 aromatic rings. The van der Waals surface area contributed by atoms with Crippen molar-refractivity contribution < 1.29 is 17.6 Å². The van der Waals surface area contributed by atoms with Gasteiger partial charge in [-0.15, -0.1) is 0 Å². The van der Waals surface area contributed by atoms with Gasteiger partial charge in [0.1, 0.15) is 5.82 Å². The number of halogens is 4. The lowest BCUT2D eigenvalue weighted by Crippen LogP contribution is -2.16. The molecule has 2 heterocycles. The second-order valence-corrected chi connectivity index (χ2v) is 4.06. The third kappa shape index (κ3) is 3.13. The first-order chi connectivity index (χ1) is 9.41. The normalized spacial score (nSPS) is 11.8. The Bertz CT molecular complexity index is 591. The average molecular weight is 288 g/mol. The molecule has 0 fully saturated rings. The van der Waals surface area contributed by atoms with Crippen LogP contribution in [0.25, 0.3) is 5.82 Å². The smallest absolute Gasteiger partial charge is 0.313 e. The number of hydrogen-bond acceptors (Lipinski definition) is 3. The number of pyridine rings is 1. The molecular weight excluding hydrogens is 276 g/mol. The quantitative estimate of drug-likeness (QED) is 0.879. The molecule has 0 aliphatic rings. The van der Waals surface area contributed by atoms with Crippen molar-refractivity contribution in [1.82, 2.24) is 20.1 Å². The highest BCUT2D eigenvalue weighted by Gasteiger charge is 2.33. The summed E-state index contributed by atoms with van der Waals surface area (Å²) >= 11 is 0. The number of aromatic nitrogens is 3. The summed E-state index contributed by atoms with van der Waals surface area (Å²) in [5.41, 5.74) is -0.582. The van der Waals surface area contributed by atoms with Gasteiger partial charge in [0.2, 0.25) is 0 Å². The summed E-state index contributed by atoms with van der Waals surface area (Å²) in [6, 6.07) is 2.07. The summed E-state index contributed by atoms with van der Waals surface area (Å²) in [6.45, 7) is 2.79. The van der Waals surface area contributed by atoms with Gasteiger partial charge >= 0.3 is 6.18 Å². The van der Waals surface area contributed by atoms with Gasteiger partial charge in [0.15, 0.2) is 11.5 Å². The summed E-state index contributed by atoms with van der Waals surface area (Å²) in [4.78, 5) is 3.81. The predicted molar refractivity (Wildman–Crippen MR) is 63.7 cm³/mol. The standard InChI is InChI=1S/C12H12F4N4/c1-2-17-6-8-5-9(13)7-18-11(8)20-4-3-10(19-20)12(14,15)16/h3-5,7,17H,2,6H2,1H3.